The van der Waals surface area contributed by atoms with Gasteiger partial charge in [0.25, 0.3) is 0 Å². The van der Waals surface area contributed by atoms with Crippen molar-refractivity contribution in [2.24, 2.45) is 5.92 Å². The summed E-state index contributed by atoms with van der Waals surface area (Å²) < 4.78 is 6.05. The average Bonchev–Trinajstić information content (AvgIpc) is 3.24. The van der Waals surface area contributed by atoms with Crippen LogP contribution in [0.3, 0.4) is 0 Å². The molecule has 1 saturated carbocycles. The van der Waals surface area contributed by atoms with E-state index < -0.39 is 5.54 Å². The zero-order valence-electron chi connectivity index (χ0n) is 11.1. The van der Waals surface area contributed by atoms with Gasteiger partial charge in [0.1, 0.15) is 5.54 Å². The molecule has 3 nitrogen and oxygen atoms in total. The second-order valence-corrected chi connectivity index (χ2v) is 6.70. The van der Waals surface area contributed by atoms with Gasteiger partial charge in [-0.05, 0) is 44.0 Å². The number of benzene rings is 1. The number of carbonyl (C=O) groups excluding carboxylic acids is 1. The summed E-state index contributed by atoms with van der Waals surface area (Å²) in [5.74, 6) is 0.932. The Bertz CT molecular complexity index is 465. The molecule has 1 N–H and O–H groups in total. The quantitative estimate of drug-likeness (QED) is 0.636. The zero-order valence-corrected chi connectivity index (χ0v) is 13.5. The van der Waals surface area contributed by atoms with Crippen molar-refractivity contribution in [3.8, 4) is 0 Å². The van der Waals surface area contributed by atoms with E-state index in [1.807, 2.05) is 19.2 Å². The van der Waals surface area contributed by atoms with E-state index in [1.54, 1.807) is 11.8 Å². The summed E-state index contributed by atoms with van der Waals surface area (Å²) in [5, 5.41) is 3.21. The Hall–Kier alpha value is -0.520. The van der Waals surface area contributed by atoms with Crippen molar-refractivity contribution in [3.63, 3.8) is 0 Å². The maximum absolute atomic E-state index is 12.1. The topological polar surface area (TPSA) is 38.3 Å². The lowest BCUT2D eigenvalue weighted by Gasteiger charge is -2.30. The highest BCUT2D eigenvalue weighted by Crippen LogP contribution is 2.43. The van der Waals surface area contributed by atoms with Gasteiger partial charge in [-0.25, -0.2) is 0 Å². The smallest absolute Gasteiger partial charge is 0.327 e. The number of nitrogens with one attached hydrogen (secondary N) is 1. The van der Waals surface area contributed by atoms with Crippen LogP contribution in [0.2, 0.25) is 0 Å². The minimum atomic E-state index is -0.554. The Balaban J connectivity index is 2.10. The molecule has 1 aromatic carbocycles. The largest absolute Gasteiger partial charge is 0.468 e. The number of esters is 1. The number of methoxy groups -OCH3 is 1. The fourth-order valence-electron chi connectivity index (χ4n) is 2.23. The van der Waals surface area contributed by atoms with Crippen LogP contribution in [0.1, 0.15) is 12.8 Å². The minimum absolute atomic E-state index is 0.153. The summed E-state index contributed by atoms with van der Waals surface area (Å²) in [5.41, 5.74) is -0.554. The first-order chi connectivity index (χ1) is 9.12. The Morgan fingerprint density at radius 1 is 1.58 bits per heavy atom. The highest BCUT2D eigenvalue weighted by atomic mass is 79.9. The Labute approximate surface area is 126 Å². The molecule has 1 unspecified atom stereocenters. The van der Waals surface area contributed by atoms with Crippen molar-refractivity contribution in [3.05, 3.63) is 28.7 Å². The van der Waals surface area contributed by atoms with Crippen LogP contribution in [0.4, 0.5) is 0 Å². The van der Waals surface area contributed by atoms with E-state index in [2.05, 4.69) is 33.4 Å². The van der Waals surface area contributed by atoms with Gasteiger partial charge in [0.15, 0.2) is 0 Å². The second-order valence-electron chi connectivity index (χ2n) is 4.73. The number of carbonyl (C=O) groups is 1. The summed E-state index contributed by atoms with van der Waals surface area (Å²) >= 11 is 5.15. The summed E-state index contributed by atoms with van der Waals surface area (Å²) in [4.78, 5) is 13.3. The molecule has 0 heterocycles. The van der Waals surface area contributed by atoms with E-state index in [4.69, 9.17) is 4.74 Å². The molecular formula is C14H18BrNO2S. The normalized spacial score (nSPS) is 17.8. The molecule has 19 heavy (non-hydrogen) atoms. The van der Waals surface area contributed by atoms with E-state index in [9.17, 15) is 4.79 Å². The number of hydrogen-bond acceptors (Lipinski definition) is 4. The Morgan fingerprint density at radius 2 is 2.32 bits per heavy atom. The first kappa shape index (κ1) is 14.9. The van der Waals surface area contributed by atoms with Gasteiger partial charge in [-0.15, -0.1) is 11.8 Å². The van der Waals surface area contributed by atoms with Crippen molar-refractivity contribution >= 4 is 33.7 Å². The molecule has 1 fully saturated rings. The monoisotopic (exact) mass is 343 g/mol. The second kappa shape index (κ2) is 6.29. The highest BCUT2D eigenvalue weighted by Gasteiger charge is 2.50. The summed E-state index contributed by atoms with van der Waals surface area (Å²) in [6, 6.07) is 8.12. The molecule has 0 aromatic heterocycles. The number of hydrogen-bond donors (Lipinski definition) is 1. The third-order valence-corrected chi connectivity index (χ3v) is 5.21. The maximum Gasteiger partial charge on any atom is 0.327 e. The molecule has 1 aliphatic rings. The molecule has 0 amide bonds. The highest BCUT2D eigenvalue weighted by molar-refractivity contribution is 9.10. The van der Waals surface area contributed by atoms with Gasteiger partial charge in [0.2, 0.25) is 0 Å². The van der Waals surface area contributed by atoms with Crippen LogP contribution < -0.4 is 5.32 Å². The van der Waals surface area contributed by atoms with Gasteiger partial charge in [-0.2, -0.15) is 0 Å². The Kier molecular flexibility index (Phi) is 4.92. The van der Waals surface area contributed by atoms with Gasteiger partial charge in [0, 0.05) is 15.1 Å². The van der Waals surface area contributed by atoms with E-state index in [0.29, 0.717) is 11.7 Å². The Morgan fingerprint density at radius 3 is 2.84 bits per heavy atom. The molecule has 5 heteroatoms. The molecule has 0 saturated heterocycles. The lowest BCUT2D eigenvalue weighted by molar-refractivity contribution is -0.148. The lowest BCUT2D eigenvalue weighted by Crippen LogP contribution is -2.55. The molecule has 0 spiro atoms. The fraction of sp³-hybridized carbons (Fsp3) is 0.500. The first-order valence-corrected chi connectivity index (χ1v) is 8.06. The van der Waals surface area contributed by atoms with Crippen molar-refractivity contribution in [2.45, 2.75) is 23.3 Å². The molecule has 0 bridgehead atoms. The number of ether oxygens (including phenoxy) is 1. The maximum atomic E-state index is 12.1. The first-order valence-electron chi connectivity index (χ1n) is 6.28. The van der Waals surface area contributed by atoms with E-state index in [0.717, 1.165) is 22.2 Å². The zero-order chi connectivity index (χ0) is 13.9. The van der Waals surface area contributed by atoms with Gasteiger partial charge in [-0.1, -0.05) is 22.0 Å². The van der Waals surface area contributed by atoms with Crippen molar-refractivity contribution in [2.75, 3.05) is 19.9 Å². The third kappa shape index (κ3) is 3.33. The summed E-state index contributed by atoms with van der Waals surface area (Å²) in [6.45, 7) is 0. The number of halogens is 1. The van der Waals surface area contributed by atoms with Crippen molar-refractivity contribution < 1.29 is 9.53 Å². The van der Waals surface area contributed by atoms with Crippen LogP contribution >= 0.6 is 27.7 Å². The summed E-state index contributed by atoms with van der Waals surface area (Å²) in [7, 11) is 3.30. The number of likely N-dealkylation sites (N-methyl/N-ethyl adjacent to an activating group) is 1. The average molecular weight is 344 g/mol. The van der Waals surface area contributed by atoms with E-state index in [1.165, 1.54) is 7.11 Å². The molecule has 1 atom stereocenters. The van der Waals surface area contributed by atoms with Gasteiger partial charge >= 0.3 is 5.97 Å². The van der Waals surface area contributed by atoms with Crippen LogP contribution in [-0.4, -0.2) is 31.4 Å². The molecule has 1 aromatic rings. The number of rotatable bonds is 6. The van der Waals surface area contributed by atoms with Gasteiger partial charge < -0.3 is 10.1 Å². The molecule has 2 rings (SSSR count). The van der Waals surface area contributed by atoms with Crippen LogP contribution in [0.15, 0.2) is 33.6 Å². The van der Waals surface area contributed by atoms with Gasteiger partial charge in [-0.3, -0.25) is 4.79 Å². The third-order valence-electron chi connectivity index (χ3n) is 3.53. The van der Waals surface area contributed by atoms with Crippen LogP contribution in [0.25, 0.3) is 0 Å². The lowest BCUT2D eigenvalue weighted by atomic mass is 9.96. The molecule has 104 valence electrons. The van der Waals surface area contributed by atoms with Crippen LogP contribution in [0.5, 0.6) is 0 Å². The molecule has 0 aliphatic heterocycles. The van der Waals surface area contributed by atoms with Crippen LogP contribution in [0, 0.1) is 5.92 Å². The van der Waals surface area contributed by atoms with E-state index in [-0.39, 0.29) is 5.97 Å². The predicted octanol–water partition coefficient (Wildman–Crippen LogP) is 3.08. The van der Waals surface area contributed by atoms with Crippen molar-refractivity contribution in [1.82, 2.24) is 5.32 Å². The van der Waals surface area contributed by atoms with E-state index >= 15 is 0 Å². The van der Waals surface area contributed by atoms with Crippen molar-refractivity contribution in [1.29, 1.82) is 0 Å². The molecule has 1 aliphatic carbocycles. The SMILES string of the molecule is CNC(CSc1cccc(Br)c1)(C(=O)OC)C1CC1. The molecule has 0 radical (unpaired) electrons. The number of thioether (sulfide) groups is 1. The standard InChI is InChI=1S/C14H18BrNO2S/c1-16-14(10-6-7-10,13(17)18-2)9-19-12-5-3-4-11(15)8-12/h3-5,8,10,16H,6-7,9H2,1-2H3. The molecular weight excluding hydrogens is 326 g/mol. The van der Waals surface area contributed by atoms with Crippen LogP contribution in [-0.2, 0) is 9.53 Å². The predicted molar refractivity (Wildman–Crippen MR) is 81.4 cm³/mol. The summed E-state index contributed by atoms with van der Waals surface area (Å²) in [6.07, 6.45) is 2.18. The minimum Gasteiger partial charge on any atom is -0.468 e. The van der Waals surface area contributed by atoms with Gasteiger partial charge in [0.05, 0.1) is 7.11 Å². The fourth-order valence-corrected chi connectivity index (χ4v) is 4.06.